The summed E-state index contributed by atoms with van der Waals surface area (Å²) in [5, 5.41) is 0. The number of rotatable bonds is 9. The van der Waals surface area contributed by atoms with Crippen LogP contribution in [0.3, 0.4) is 0 Å². The fourth-order valence-electron chi connectivity index (χ4n) is 7.19. The summed E-state index contributed by atoms with van der Waals surface area (Å²) in [6.07, 6.45) is 2.86. The van der Waals surface area contributed by atoms with Crippen molar-refractivity contribution in [2.75, 3.05) is 0 Å². The zero-order valence-electron chi connectivity index (χ0n) is 23.3. The Morgan fingerprint density at radius 2 is 1.43 bits per heavy atom. The second-order valence-electron chi connectivity index (χ2n) is 12.4. The highest BCUT2D eigenvalue weighted by Gasteiger charge is 2.57. The fraction of sp³-hybridized carbons (Fsp3) is 0.594. The Labute approximate surface area is 214 Å². The first-order valence-electron chi connectivity index (χ1n) is 13.5. The van der Waals surface area contributed by atoms with Crippen LogP contribution in [0.1, 0.15) is 90.6 Å². The third-order valence-corrected chi connectivity index (χ3v) is 7.87. The lowest BCUT2D eigenvalue weighted by Crippen LogP contribution is -2.70. The number of ether oxygens (including phenoxy) is 1. The molecule has 1 heterocycles. The van der Waals surface area contributed by atoms with Crippen molar-refractivity contribution in [3.63, 3.8) is 0 Å². The van der Waals surface area contributed by atoms with Crippen molar-refractivity contribution in [2.24, 2.45) is 23.7 Å². The molecule has 3 rings (SSSR count). The molecule has 1 aliphatic rings. The summed E-state index contributed by atoms with van der Waals surface area (Å²) in [6.45, 7) is 19.6. The largest absolute Gasteiger partial charge is 0.458 e. The summed E-state index contributed by atoms with van der Waals surface area (Å²) < 4.78 is 6.44. The van der Waals surface area contributed by atoms with E-state index in [1.807, 2.05) is 30.3 Å². The van der Waals surface area contributed by atoms with Gasteiger partial charge >= 0.3 is 5.97 Å². The van der Waals surface area contributed by atoms with Crippen molar-refractivity contribution >= 4 is 5.97 Å². The van der Waals surface area contributed by atoms with Crippen molar-refractivity contribution in [3.8, 4) is 0 Å². The molecule has 1 saturated heterocycles. The number of carbonyl (C=O) groups excluding carboxylic acids is 1. The Balaban J connectivity index is 2.09. The molecule has 1 aliphatic heterocycles. The summed E-state index contributed by atoms with van der Waals surface area (Å²) >= 11 is 0. The Morgan fingerprint density at radius 3 is 1.94 bits per heavy atom. The molecular formula is C32H47NO2. The lowest BCUT2D eigenvalue weighted by Gasteiger charge is -2.63. The van der Waals surface area contributed by atoms with Crippen molar-refractivity contribution < 1.29 is 9.53 Å². The summed E-state index contributed by atoms with van der Waals surface area (Å²) in [4.78, 5) is 16.1. The zero-order chi connectivity index (χ0) is 25.8. The predicted molar refractivity (Wildman–Crippen MR) is 146 cm³/mol. The van der Waals surface area contributed by atoms with Gasteiger partial charge in [-0.25, -0.2) is 4.79 Å². The van der Waals surface area contributed by atoms with Gasteiger partial charge in [-0.1, -0.05) is 90.1 Å². The van der Waals surface area contributed by atoms with Crippen molar-refractivity contribution in [3.05, 3.63) is 71.8 Å². The molecule has 192 valence electrons. The highest BCUT2D eigenvalue weighted by Crippen LogP contribution is 2.52. The fourth-order valence-corrected chi connectivity index (χ4v) is 7.19. The van der Waals surface area contributed by atoms with Gasteiger partial charge in [0.15, 0.2) is 0 Å². The van der Waals surface area contributed by atoms with Crippen LogP contribution in [0.2, 0.25) is 0 Å². The molecule has 0 aromatic heterocycles. The van der Waals surface area contributed by atoms with E-state index in [-0.39, 0.29) is 29.1 Å². The molecule has 3 nitrogen and oxygen atoms in total. The molecule has 0 bridgehead atoms. The normalized spacial score (nSPS) is 27.5. The molecule has 0 radical (unpaired) electrons. The molecule has 0 N–H and O–H groups in total. The first-order valence-corrected chi connectivity index (χ1v) is 13.5. The van der Waals surface area contributed by atoms with E-state index in [1.54, 1.807) is 0 Å². The van der Waals surface area contributed by atoms with Gasteiger partial charge < -0.3 is 4.74 Å². The molecule has 0 aliphatic carbocycles. The quantitative estimate of drug-likeness (QED) is 0.343. The van der Waals surface area contributed by atoms with Gasteiger partial charge in [0.1, 0.15) is 6.10 Å². The van der Waals surface area contributed by atoms with Crippen molar-refractivity contribution in [2.45, 2.75) is 98.4 Å². The lowest BCUT2D eigenvalue weighted by atomic mass is 9.61. The molecule has 4 atom stereocenters. The third kappa shape index (κ3) is 6.36. The first kappa shape index (κ1) is 27.5. The number of hydrogen-bond donors (Lipinski definition) is 0. The second-order valence-corrected chi connectivity index (χ2v) is 12.4. The van der Waals surface area contributed by atoms with Crippen LogP contribution in [-0.4, -0.2) is 28.1 Å². The number of piperidine rings is 1. The highest BCUT2D eigenvalue weighted by atomic mass is 16.5. The molecule has 35 heavy (non-hydrogen) atoms. The van der Waals surface area contributed by atoms with Crippen molar-refractivity contribution in [1.29, 1.82) is 0 Å². The zero-order valence-corrected chi connectivity index (χ0v) is 23.3. The average molecular weight is 478 g/mol. The predicted octanol–water partition coefficient (Wildman–Crippen LogP) is 8.00. The Bertz CT molecular complexity index is 939. The number of esters is 1. The van der Waals surface area contributed by atoms with Crippen molar-refractivity contribution in [1.82, 2.24) is 4.90 Å². The van der Waals surface area contributed by atoms with E-state index in [1.165, 1.54) is 5.56 Å². The molecule has 2 aromatic carbocycles. The molecule has 4 unspecified atom stereocenters. The Kier molecular flexibility index (Phi) is 8.86. The second kappa shape index (κ2) is 11.3. The van der Waals surface area contributed by atoms with Crippen LogP contribution in [-0.2, 0) is 11.3 Å². The van der Waals surface area contributed by atoms with E-state index < -0.39 is 0 Å². The maximum absolute atomic E-state index is 13.3. The van der Waals surface area contributed by atoms with Crippen LogP contribution >= 0.6 is 0 Å². The third-order valence-electron chi connectivity index (χ3n) is 7.87. The summed E-state index contributed by atoms with van der Waals surface area (Å²) in [5.41, 5.74) is 1.79. The minimum absolute atomic E-state index is 0.0827. The summed E-state index contributed by atoms with van der Waals surface area (Å²) in [6, 6.07) is 20.3. The summed E-state index contributed by atoms with van der Waals surface area (Å²) in [7, 11) is 0. The van der Waals surface area contributed by atoms with Gasteiger partial charge in [-0.05, 0) is 62.1 Å². The van der Waals surface area contributed by atoms with E-state index in [4.69, 9.17) is 4.74 Å². The van der Waals surface area contributed by atoms with Gasteiger partial charge in [-0.15, -0.1) is 0 Å². The molecule has 2 aromatic rings. The van der Waals surface area contributed by atoms with Crippen LogP contribution in [0, 0.1) is 23.7 Å². The van der Waals surface area contributed by atoms with Gasteiger partial charge in [0.05, 0.1) is 5.56 Å². The van der Waals surface area contributed by atoms with E-state index >= 15 is 0 Å². The number of benzene rings is 2. The number of likely N-dealkylation sites (tertiary alicyclic amines) is 1. The van der Waals surface area contributed by atoms with Gasteiger partial charge in [0.25, 0.3) is 0 Å². The first-order chi connectivity index (χ1) is 16.5. The maximum Gasteiger partial charge on any atom is 0.338 e. The molecule has 3 heteroatoms. The van der Waals surface area contributed by atoms with Crippen LogP contribution in [0.4, 0.5) is 0 Å². The van der Waals surface area contributed by atoms with Crippen LogP contribution in [0.5, 0.6) is 0 Å². The molecule has 1 fully saturated rings. The van der Waals surface area contributed by atoms with Gasteiger partial charge in [0.2, 0.25) is 0 Å². The minimum atomic E-state index is -0.198. The molecule has 0 saturated carbocycles. The molecule has 0 amide bonds. The van der Waals surface area contributed by atoms with Gasteiger partial charge in [-0.3, -0.25) is 4.90 Å². The average Bonchev–Trinajstić information content (AvgIpc) is 2.76. The SMILES string of the molecule is CC(C)CC1(C)CC(OC(=O)c2ccccc2)C(C(C)C)C(C)(CC(C)C)N1Cc1ccccc1. The van der Waals surface area contributed by atoms with Crippen LogP contribution < -0.4 is 0 Å². The molecular weight excluding hydrogens is 430 g/mol. The van der Waals surface area contributed by atoms with Crippen LogP contribution in [0.15, 0.2) is 60.7 Å². The maximum atomic E-state index is 13.3. The van der Waals surface area contributed by atoms with E-state index in [2.05, 4.69) is 90.6 Å². The standard InChI is InChI=1S/C32H47NO2/c1-23(2)19-31(7)21-28(35-30(34)27-17-13-10-14-18-27)29(25(5)6)32(8,20-24(3)4)33(31)22-26-15-11-9-12-16-26/h9-18,23-25,28-29H,19-22H2,1-8H3. The van der Waals surface area contributed by atoms with Gasteiger partial charge in [0, 0.05) is 30.0 Å². The number of nitrogens with zero attached hydrogens (tertiary/aromatic N) is 1. The smallest absolute Gasteiger partial charge is 0.338 e. The lowest BCUT2D eigenvalue weighted by molar-refractivity contribution is -0.168. The van der Waals surface area contributed by atoms with E-state index in [0.29, 0.717) is 23.3 Å². The Morgan fingerprint density at radius 1 is 0.886 bits per heavy atom. The van der Waals surface area contributed by atoms with Gasteiger partial charge in [-0.2, -0.15) is 0 Å². The number of hydrogen-bond acceptors (Lipinski definition) is 3. The molecule has 0 spiro atoms. The minimum Gasteiger partial charge on any atom is -0.458 e. The van der Waals surface area contributed by atoms with Crippen LogP contribution in [0.25, 0.3) is 0 Å². The monoisotopic (exact) mass is 477 g/mol. The number of carbonyl (C=O) groups is 1. The Hall–Kier alpha value is -2.13. The summed E-state index contributed by atoms with van der Waals surface area (Å²) in [5.74, 6) is 1.50. The highest BCUT2D eigenvalue weighted by molar-refractivity contribution is 5.89. The topological polar surface area (TPSA) is 29.5 Å². The van der Waals surface area contributed by atoms with E-state index in [0.717, 1.165) is 25.8 Å². The van der Waals surface area contributed by atoms with E-state index in [9.17, 15) is 4.79 Å².